The Bertz CT molecular complexity index is 631. The minimum atomic E-state index is -0.520. The Labute approximate surface area is 124 Å². The molecule has 1 unspecified atom stereocenters. The van der Waals surface area contributed by atoms with Gasteiger partial charge in [-0.25, -0.2) is 8.78 Å². The zero-order chi connectivity index (χ0) is 14.8. The van der Waals surface area contributed by atoms with Crippen molar-refractivity contribution in [1.82, 2.24) is 5.32 Å². The maximum Gasteiger partial charge on any atom is 0.126 e. The molecule has 3 heteroatoms. The summed E-state index contributed by atoms with van der Waals surface area (Å²) in [5.41, 5.74) is 4.71. The number of fused-ring (bicyclic) bond motifs is 1. The SMILES string of the molecule is CNC(Cc1cc(F)cc(F)c1)c1ccc2c(c1)CCC2. The highest BCUT2D eigenvalue weighted by molar-refractivity contribution is 5.37. The molecule has 0 bridgehead atoms. The molecule has 2 aromatic carbocycles. The largest absolute Gasteiger partial charge is 0.313 e. The molecule has 1 N–H and O–H groups in total. The summed E-state index contributed by atoms with van der Waals surface area (Å²) >= 11 is 0. The van der Waals surface area contributed by atoms with E-state index in [1.165, 1.54) is 35.2 Å². The van der Waals surface area contributed by atoms with E-state index in [0.29, 0.717) is 12.0 Å². The van der Waals surface area contributed by atoms with Crippen LogP contribution in [0.1, 0.15) is 34.7 Å². The third-order valence-corrected chi connectivity index (χ3v) is 4.24. The first-order chi connectivity index (χ1) is 10.2. The van der Waals surface area contributed by atoms with E-state index in [9.17, 15) is 8.78 Å². The Kier molecular flexibility index (Phi) is 4.02. The topological polar surface area (TPSA) is 12.0 Å². The lowest BCUT2D eigenvalue weighted by molar-refractivity contribution is 0.562. The molecule has 21 heavy (non-hydrogen) atoms. The van der Waals surface area contributed by atoms with Crippen molar-refractivity contribution in [3.8, 4) is 0 Å². The summed E-state index contributed by atoms with van der Waals surface area (Å²) in [6.45, 7) is 0. The van der Waals surface area contributed by atoms with Crippen molar-refractivity contribution in [2.24, 2.45) is 0 Å². The van der Waals surface area contributed by atoms with Crippen LogP contribution < -0.4 is 5.32 Å². The zero-order valence-electron chi connectivity index (χ0n) is 12.1. The van der Waals surface area contributed by atoms with E-state index in [0.717, 1.165) is 18.9 Å². The van der Waals surface area contributed by atoms with Gasteiger partial charge in [-0.3, -0.25) is 0 Å². The van der Waals surface area contributed by atoms with Gasteiger partial charge >= 0.3 is 0 Å². The van der Waals surface area contributed by atoms with Gasteiger partial charge in [0.15, 0.2) is 0 Å². The van der Waals surface area contributed by atoms with Gasteiger partial charge in [0.25, 0.3) is 0 Å². The summed E-state index contributed by atoms with van der Waals surface area (Å²) in [7, 11) is 1.88. The highest BCUT2D eigenvalue weighted by Gasteiger charge is 2.16. The summed E-state index contributed by atoms with van der Waals surface area (Å²) in [5.74, 6) is -1.04. The van der Waals surface area contributed by atoms with Gasteiger partial charge in [-0.1, -0.05) is 18.2 Å². The van der Waals surface area contributed by atoms with Crippen molar-refractivity contribution in [1.29, 1.82) is 0 Å². The number of hydrogen-bond donors (Lipinski definition) is 1. The molecule has 0 heterocycles. The van der Waals surface area contributed by atoms with E-state index in [4.69, 9.17) is 0 Å². The van der Waals surface area contributed by atoms with E-state index in [2.05, 4.69) is 23.5 Å². The van der Waals surface area contributed by atoms with Gasteiger partial charge in [0.2, 0.25) is 0 Å². The third-order valence-electron chi connectivity index (χ3n) is 4.24. The Morgan fingerprint density at radius 3 is 2.43 bits per heavy atom. The quantitative estimate of drug-likeness (QED) is 0.897. The lowest BCUT2D eigenvalue weighted by Crippen LogP contribution is -2.19. The number of likely N-dealkylation sites (N-methyl/N-ethyl adjacent to an activating group) is 1. The van der Waals surface area contributed by atoms with Gasteiger partial charge < -0.3 is 5.32 Å². The normalized spacial score (nSPS) is 15.0. The zero-order valence-corrected chi connectivity index (χ0v) is 12.1. The maximum atomic E-state index is 13.3. The van der Waals surface area contributed by atoms with Gasteiger partial charge in [0.05, 0.1) is 0 Å². The average molecular weight is 287 g/mol. The lowest BCUT2D eigenvalue weighted by atomic mass is 9.96. The van der Waals surface area contributed by atoms with Crippen LogP contribution in [0.25, 0.3) is 0 Å². The monoisotopic (exact) mass is 287 g/mol. The second kappa shape index (κ2) is 5.94. The van der Waals surface area contributed by atoms with Crippen molar-refractivity contribution in [3.63, 3.8) is 0 Å². The molecule has 1 aliphatic rings. The molecule has 3 rings (SSSR count). The Morgan fingerprint density at radius 2 is 1.71 bits per heavy atom. The standard InChI is InChI=1S/C18H19F2N/c1-21-18(9-12-7-16(19)11-17(20)8-12)15-6-5-13-3-2-4-14(13)10-15/h5-8,10-11,18,21H,2-4,9H2,1H3. The van der Waals surface area contributed by atoms with Crippen molar-refractivity contribution < 1.29 is 8.78 Å². The maximum absolute atomic E-state index is 13.3. The summed E-state index contributed by atoms with van der Waals surface area (Å²) in [5, 5.41) is 3.25. The number of nitrogens with one attached hydrogen (secondary N) is 1. The molecule has 1 aliphatic carbocycles. The van der Waals surface area contributed by atoms with Gasteiger partial charge in [-0.05, 0) is 67.1 Å². The first-order valence-corrected chi connectivity index (χ1v) is 7.39. The molecule has 0 saturated carbocycles. The predicted octanol–water partition coefficient (Wildman–Crippen LogP) is 3.96. The lowest BCUT2D eigenvalue weighted by Gasteiger charge is -2.18. The third kappa shape index (κ3) is 3.13. The second-order valence-electron chi connectivity index (χ2n) is 5.70. The first-order valence-electron chi connectivity index (χ1n) is 7.39. The summed E-state index contributed by atoms with van der Waals surface area (Å²) in [6.07, 6.45) is 4.09. The van der Waals surface area contributed by atoms with Crippen molar-refractivity contribution in [3.05, 3.63) is 70.3 Å². The van der Waals surface area contributed by atoms with Crippen LogP contribution in [0.4, 0.5) is 8.78 Å². The molecule has 110 valence electrons. The van der Waals surface area contributed by atoms with Gasteiger partial charge in [0.1, 0.15) is 11.6 Å². The molecule has 0 aliphatic heterocycles. The molecule has 1 nitrogen and oxygen atoms in total. The van der Waals surface area contributed by atoms with Crippen molar-refractivity contribution in [2.75, 3.05) is 7.05 Å². The number of hydrogen-bond acceptors (Lipinski definition) is 1. The highest BCUT2D eigenvalue weighted by Crippen LogP contribution is 2.27. The number of aryl methyl sites for hydroxylation is 2. The molecule has 0 saturated heterocycles. The fraction of sp³-hybridized carbons (Fsp3) is 0.333. The fourth-order valence-corrected chi connectivity index (χ4v) is 3.16. The minimum Gasteiger partial charge on any atom is -0.313 e. The average Bonchev–Trinajstić information content (AvgIpc) is 2.91. The Morgan fingerprint density at radius 1 is 1.00 bits per heavy atom. The molecule has 0 amide bonds. The molecule has 0 fully saturated rings. The first kappa shape index (κ1) is 14.2. The van der Waals surface area contributed by atoms with Crippen LogP contribution in [0.5, 0.6) is 0 Å². The van der Waals surface area contributed by atoms with E-state index in [1.807, 2.05) is 7.05 Å². The van der Waals surface area contributed by atoms with Gasteiger partial charge in [0, 0.05) is 12.1 Å². The second-order valence-corrected chi connectivity index (χ2v) is 5.70. The van der Waals surface area contributed by atoms with E-state index in [-0.39, 0.29) is 6.04 Å². The summed E-state index contributed by atoms with van der Waals surface area (Å²) < 4.78 is 26.6. The molecule has 2 aromatic rings. The van der Waals surface area contributed by atoms with Crippen LogP contribution in [0.2, 0.25) is 0 Å². The Balaban J connectivity index is 1.84. The molecule has 0 radical (unpaired) electrons. The summed E-state index contributed by atoms with van der Waals surface area (Å²) in [6, 6.07) is 10.3. The molecule has 0 aromatic heterocycles. The number of benzene rings is 2. The van der Waals surface area contributed by atoms with E-state index >= 15 is 0 Å². The fourth-order valence-electron chi connectivity index (χ4n) is 3.16. The van der Waals surface area contributed by atoms with E-state index in [1.54, 1.807) is 0 Å². The highest BCUT2D eigenvalue weighted by atomic mass is 19.1. The molecule has 1 atom stereocenters. The van der Waals surface area contributed by atoms with Crippen LogP contribution in [0.15, 0.2) is 36.4 Å². The number of halogens is 2. The van der Waals surface area contributed by atoms with Crippen LogP contribution in [-0.2, 0) is 19.3 Å². The molecular formula is C18H19F2N. The van der Waals surface area contributed by atoms with Crippen LogP contribution in [-0.4, -0.2) is 7.05 Å². The van der Waals surface area contributed by atoms with Crippen LogP contribution in [0.3, 0.4) is 0 Å². The predicted molar refractivity (Wildman–Crippen MR) is 80.3 cm³/mol. The minimum absolute atomic E-state index is 0.0668. The van der Waals surface area contributed by atoms with Gasteiger partial charge in [-0.2, -0.15) is 0 Å². The Hall–Kier alpha value is -1.74. The van der Waals surface area contributed by atoms with Gasteiger partial charge in [-0.15, -0.1) is 0 Å². The summed E-state index contributed by atoms with van der Waals surface area (Å²) in [4.78, 5) is 0. The molecule has 0 spiro atoms. The van der Waals surface area contributed by atoms with Crippen LogP contribution in [0, 0.1) is 11.6 Å². The van der Waals surface area contributed by atoms with Crippen molar-refractivity contribution >= 4 is 0 Å². The van der Waals surface area contributed by atoms with Crippen molar-refractivity contribution in [2.45, 2.75) is 31.7 Å². The molecular weight excluding hydrogens is 268 g/mol. The smallest absolute Gasteiger partial charge is 0.126 e. The van der Waals surface area contributed by atoms with Crippen LogP contribution >= 0.6 is 0 Å². The number of rotatable bonds is 4. The van der Waals surface area contributed by atoms with E-state index < -0.39 is 11.6 Å².